The number of rotatable bonds is 8. The molecule has 1 heterocycles. The molecule has 2 aromatic rings. The molecular weight excluding hydrogens is 336 g/mol. The van der Waals surface area contributed by atoms with E-state index in [0.29, 0.717) is 6.42 Å². The van der Waals surface area contributed by atoms with Crippen molar-refractivity contribution in [2.24, 2.45) is 11.7 Å². The summed E-state index contributed by atoms with van der Waals surface area (Å²) in [5, 5.41) is 14.9. The Kier molecular flexibility index (Phi) is 6.35. The molecule has 0 aliphatic heterocycles. The number of para-hydroxylation sites is 1. The molecule has 0 radical (unpaired) electrons. The molecule has 8 heteroatoms. The summed E-state index contributed by atoms with van der Waals surface area (Å²) in [5.41, 5.74) is 7.81. The van der Waals surface area contributed by atoms with E-state index >= 15 is 0 Å². The third kappa shape index (κ3) is 4.82. The molecular formula is C18H24N4O4. The molecule has 8 nitrogen and oxygen atoms in total. The van der Waals surface area contributed by atoms with Crippen LogP contribution >= 0.6 is 0 Å². The lowest BCUT2D eigenvalue weighted by atomic mass is 10.0. The van der Waals surface area contributed by atoms with Crippen LogP contribution in [0.5, 0.6) is 0 Å². The van der Waals surface area contributed by atoms with Gasteiger partial charge in [-0.05, 0) is 24.0 Å². The fraction of sp³-hybridized carbons (Fsp3) is 0.389. The number of nitrogens with two attached hydrogens (primary N) is 1. The number of aromatic nitrogens is 1. The van der Waals surface area contributed by atoms with Gasteiger partial charge in [0.05, 0.1) is 12.6 Å². The molecule has 0 spiro atoms. The fourth-order valence-electron chi connectivity index (χ4n) is 2.67. The summed E-state index contributed by atoms with van der Waals surface area (Å²) in [6, 6.07) is 5.87. The molecule has 2 amide bonds. The van der Waals surface area contributed by atoms with Crippen molar-refractivity contribution in [2.75, 3.05) is 6.54 Å². The van der Waals surface area contributed by atoms with Crippen LogP contribution in [0.25, 0.3) is 10.9 Å². The molecule has 2 unspecified atom stereocenters. The normalized spacial score (nSPS) is 13.4. The smallest absolute Gasteiger partial charge is 0.326 e. The van der Waals surface area contributed by atoms with E-state index in [4.69, 9.17) is 10.8 Å². The quantitative estimate of drug-likeness (QED) is 0.463. The summed E-state index contributed by atoms with van der Waals surface area (Å²) in [7, 11) is 0. The summed E-state index contributed by atoms with van der Waals surface area (Å²) in [6.45, 7) is 3.06. The van der Waals surface area contributed by atoms with Crippen molar-refractivity contribution in [3.63, 3.8) is 0 Å². The van der Waals surface area contributed by atoms with Crippen molar-refractivity contribution in [3.8, 4) is 0 Å². The van der Waals surface area contributed by atoms with Crippen LogP contribution in [0.15, 0.2) is 30.5 Å². The van der Waals surface area contributed by atoms with Crippen molar-refractivity contribution in [3.05, 3.63) is 36.0 Å². The lowest BCUT2D eigenvalue weighted by Gasteiger charge is -2.18. The van der Waals surface area contributed by atoms with Crippen molar-refractivity contribution in [1.29, 1.82) is 0 Å². The first kappa shape index (κ1) is 19.5. The Morgan fingerprint density at radius 3 is 2.58 bits per heavy atom. The summed E-state index contributed by atoms with van der Waals surface area (Å²) in [6.07, 6.45) is 2.13. The van der Waals surface area contributed by atoms with Crippen LogP contribution < -0.4 is 16.4 Å². The average Bonchev–Trinajstić information content (AvgIpc) is 3.00. The highest BCUT2D eigenvalue weighted by atomic mass is 16.4. The van der Waals surface area contributed by atoms with E-state index in [-0.39, 0.29) is 12.5 Å². The van der Waals surface area contributed by atoms with E-state index in [1.54, 1.807) is 13.8 Å². The van der Waals surface area contributed by atoms with Crippen LogP contribution in [0.3, 0.4) is 0 Å². The number of benzene rings is 1. The van der Waals surface area contributed by atoms with Crippen molar-refractivity contribution in [1.82, 2.24) is 15.6 Å². The largest absolute Gasteiger partial charge is 0.480 e. The number of nitrogens with one attached hydrogen (secondary N) is 3. The van der Waals surface area contributed by atoms with Gasteiger partial charge in [-0.1, -0.05) is 32.0 Å². The minimum atomic E-state index is -1.12. The number of hydrogen-bond acceptors (Lipinski definition) is 4. The topological polar surface area (TPSA) is 137 Å². The molecule has 1 aromatic heterocycles. The first-order valence-electron chi connectivity index (χ1n) is 8.40. The molecule has 2 atom stereocenters. The Morgan fingerprint density at radius 2 is 1.92 bits per heavy atom. The Hall–Kier alpha value is -2.87. The van der Waals surface area contributed by atoms with E-state index in [1.165, 1.54) is 0 Å². The molecule has 0 fully saturated rings. The molecule has 140 valence electrons. The van der Waals surface area contributed by atoms with E-state index in [9.17, 15) is 14.4 Å². The summed E-state index contributed by atoms with van der Waals surface area (Å²) in [4.78, 5) is 38.2. The second-order valence-electron chi connectivity index (χ2n) is 6.52. The van der Waals surface area contributed by atoms with Gasteiger partial charge in [-0.25, -0.2) is 4.79 Å². The third-order valence-electron chi connectivity index (χ3n) is 4.12. The Morgan fingerprint density at radius 1 is 1.23 bits per heavy atom. The molecule has 0 bridgehead atoms. The number of carbonyl (C=O) groups excluding carboxylic acids is 2. The maximum atomic E-state index is 12.1. The Balaban J connectivity index is 1.87. The van der Waals surface area contributed by atoms with Gasteiger partial charge in [0.25, 0.3) is 0 Å². The zero-order chi connectivity index (χ0) is 19.3. The van der Waals surface area contributed by atoms with Gasteiger partial charge in [-0.2, -0.15) is 0 Å². The van der Waals surface area contributed by atoms with Crippen LogP contribution in [0.4, 0.5) is 0 Å². The standard InChI is InChI=1S/C18H24N4O4/c1-10(2)16(18(25)26)22-15(23)9-21-17(24)13(19)7-11-8-20-14-6-4-3-5-12(11)14/h3-6,8,10,13,16,20H,7,9,19H2,1-2H3,(H,21,24)(H,22,23)(H,25,26). The fourth-order valence-corrected chi connectivity index (χ4v) is 2.67. The van der Waals surface area contributed by atoms with Gasteiger partial charge in [0, 0.05) is 17.1 Å². The Bertz CT molecular complexity index is 799. The number of carboxylic acid groups (broad SMARTS) is 1. The number of amides is 2. The summed E-state index contributed by atoms with van der Waals surface area (Å²) >= 11 is 0. The van der Waals surface area contributed by atoms with E-state index < -0.39 is 29.9 Å². The van der Waals surface area contributed by atoms with Gasteiger partial charge < -0.3 is 26.5 Å². The number of aliphatic carboxylic acids is 1. The van der Waals surface area contributed by atoms with E-state index in [1.807, 2.05) is 30.5 Å². The lowest BCUT2D eigenvalue weighted by molar-refractivity contribution is -0.143. The summed E-state index contributed by atoms with van der Waals surface area (Å²) in [5.74, 6) is -2.42. The SMILES string of the molecule is CC(C)C(NC(=O)CNC(=O)C(N)Cc1c[nH]c2ccccc12)C(=O)O. The van der Waals surface area contributed by atoms with Crippen LogP contribution in [0, 0.1) is 5.92 Å². The minimum Gasteiger partial charge on any atom is -0.480 e. The number of carbonyl (C=O) groups is 3. The van der Waals surface area contributed by atoms with Gasteiger partial charge in [0.2, 0.25) is 11.8 Å². The van der Waals surface area contributed by atoms with Crippen molar-refractivity contribution >= 4 is 28.7 Å². The summed E-state index contributed by atoms with van der Waals surface area (Å²) < 4.78 is 0. The number of carboxylic acids is 1. The second kappa shape index (κ2) is 8.48. The monoisotopic (exact) mass is 360 g/mol. The van der Waals surface area contributed by atoms with Gasteiger partial charge >= 0.3 is 5.97 Å². The van der Waals surface area contributed by atoms with Gasteiger partial charge in [-0.3, -0.25) is 9.59 Å². The van der Waals surface area contributed by atoms with Crippen LogP contribution in [-0.4, -0.2) is 46.5 Å². The van der Waals surface area contributed by atoms with Gasteiger partial charge in [0.15, 0.2) is 0 Å². The highest BCUT2D eigenvalue weighted by Crippen LogP contribution is 2.18. The molecule has 1 aromatic carbocycles. The number of hydrogen-bond donors (Lipinski definition) is 5. The number of aromatic amines is 1. The molecule has 6 N–H and O–H groups in total. The zero-order valence-corrected chi connectivity index (χ0v) is 14.8. The van der Waals surface area contributed by atoms with E-state index in [2.05, 4.69) is 15.6 Å². The predicted molar refractivity (Wildman–Crippen MR) is 97.4 cm³/mol. The van der Waals surface area contributed by atoms with E-state index in [0.717, 1.165) is 16.5 Å². The van der Waals surface area contributed by atoms with Gasteiger partial charge in [0.1, 0.15) is 6.04 Å². The molecule has 0 aliphatic rings. The first-order valence-corrected chi connectivity index (χ1v) is 8.40. The van der Waals surface area contributed by atoms with Crippen LogP contribution in [0.1, 0.15) is 19.4 Å². The minimum absolute atomic E-state index is 0.267. The molecule has 0 aliphatic carbocycles. The lowest BCUT2D eigenvalue weighted by Crippen LogP contribution is -2.50. The maximum Gasteiger partial charge on any atom is 0.326 e. The molecule has 26 heavy (non-hydrogen) atoms. The number of H-pyrrole nitrogens is 1. The van der Waals surface area contributed by atoms with Crippen molar-refractivity contribution < 1.29 is 19.5 Å². The first-order chi connectivity index (χ1) is 12.3. The van der Waals surface area contributed by atoms with Crippen LogP contribution in [-0.2, 0) is 20.8 Å². The second-order valence-corrected chi connectivity index (χ2v) is 6.52. The maximum absolute atomic E-state index is 12.1. The predicted octanol–water partition coefficient (Wildman–Crippen LogP) is 0.379. The highest BCUT2D eigenvalue weighted by molar-refractivity contribution is 5.90. The molecule has 0 saturated heterocycles. The third-order valence-corrected chi connectivity index (χ3v) is 4.12. The van der Waals surface area contributed by atoms with Crippen LogP contribution in [0.2, 0.25) is 0 Å². The zero-order valence-electron chi connectivity index (χ0n) is 14.8. The van der Waals surface area contributed by atoms with Crippen molar-refractivity contribution in [2.45, 2.75) is 32.4 Å². The average molecular weight is 360 g/mol. The molecule has 0 saturated carbocycles. The molecule has 2 rings (SSSR count). The number of fused-ring (bicyclic) bond motifs is 1. The highest BCUT2D eigenvalue weighted by Gasteiger charge is 2.24. The van der Waals surface area contributed by atoms with Gasteiger partial charge in [-0.15, -0.1) is 0 Å². The Labute approximate surface area is 151 Å².